The van der Waals surface area contributed by atoms with E-state index in [0.29, 0.717) is 6.54 Å². The summed E-state index contributed by atoms with van der Waals surface area (Å²) in [5.41, 5.74) is 1.40. The van der Waals surface area contributed by atoms with E-state index in [1.807, 2.05) is 11.4 Å². The highest BCUT2D eigenvalue weighted by atomic mass is 32.1. The topological polar surface area (TPSA) is 38.0 Å². The van der Waals surface area contributed by atoms with Crippen molar-refractivity contribution in [2.45, 2.75) is 26.1 Å². The first-order valence-corrected chi connectivity index (χ1v) is 9.62. The van der Waals surface area contributed by atoms with Crippen LogP contribution in [0.5, 0.6) is 0 Å². The minimum Gasteiger partial charge on any atom is -0.346 e. The lowest BCUT2D eigenvalue weighted by Gasteiger charge is -2.32. The Balaban J connectivity index is 1.42. The third-order valence-electron chi connectivity index (χ3n) is 4.92. The molecule has 0 unspecified atom stereocenters. The van der Waals surface area contributed by atoms with Crippen molar-refractivity contribution in [3.63, 3.8) is 0 Å². The van der Waals surface area contributed by atoms with Gasteiger partial charge in [-0.3, -0.25) is 4.79 Å². The number of piperazine rings is 1. The largest absolute Gasteiger partial charge is 0.346 e. The molecule has 1 aromatic heterocycles. The monoisotopic (exact) mass is 345 g/mol. The van der Waals surface area contributed by atoms with Crippen molar-refractivity contribution in [2.24, 2.45) is 0 Å². The van der Waals surface area contributed by atoms with Crippen molar-refractivity contribution in [3.8, 4) is 0 Å². The molecule has 2 heterocycles. The fraction of sp³-hybridized carbons (Fsp3) is 0.421. The Hall–Kier alpha value is -1.69. The van der Waals surface area contributed by atoms with Gasteiger partial charge in [0.25, 0.3) is 5.91 Å². The molecule has 1 fully saturated rings. The first-order chi connectivity index (χ1) is 11.7. The number of nitrogens with one attached hydrogen (secondary N) is 3. The molecule has 1 aliphatic rings. The summed E-state index contributed by atoms with van der Waals surface area (Å²) in [5.74, 6) is 0.171. The molecule has 0 aliphatic carbocycles. The molecule has 3 rings (SSSR count). The van der Waals surface area contributed by atoms with Crippen molar-refractivity contribution in [2.75, 3.05) is 26.2 Å². The van der Waals surface area contributed by atoms with Crippen LogP contribution < -0.4 is 15.1 Å². The van der Waals surface area contributed by atoms with E-state index in [0.717, 1.165) is 32.7 Å². The first-order valence-electron chi connectivity index (χ1n) is 8.74. The Morgan fingerprint density at radius 3 is 2.54 bits per heavy atom. The second-order valence-electron chi connectivity index (χ2n) is 6.59. The van der Waals surface area contributed by atoms with E-state index < -0.39 is 0 Å². The average molecular weight is 346 g/mol. The minimum absolute atomic E-state index is 0.0308. The third kappa shape index (κ3) is 4.66. The molecule has 3 N–H and O–H groups in total. The highest BCUT2D eigenvalue weighted by molar-refractivity contribution is 7.09. The van der Waals surface area contributed by atoms with E-state index in [4.69, 9.17) is 0 Å². The molecular formula is C19H27N3OS+2. The van der Waals surface area contributed by atoms with Gasteiger partial charge in [0.05, 0.1) is 6.54 Å². The predicted octanol–water partition coefficient (Wildman–Crippen LogP) is -0.264. The van der Waals surface area contributed by atoms with Gasteiger partial charge in [-0.25, -0.2) is 0 Å². The van der Waals surface area contributed by atoms with E-state index in [1.165, 1.54) is 15.3 Å². The van der Waals surface area contributed by atoms with Crippen LogP contribution >= 0.6 is 11.3 Å². The smallest absolute Gasteiger partial charge is 0.278 e. The first kappa shape index (κ1) is 17.1. The van der Waals surface area contributed by atoms with E-state index in [2.05, 4.69) is 48.6 Å². The van der Waals surface area contributed by atoms with Gasteiger partial charge in [0.1, 0.15) is 32.7 Å². The SMILES string of the molecule is C[C@H](C(=O)NCc1cccs1)[NH+]1CC[NH+](Cc2ccccc2)CC1. The summed E-state index contributed by atoms with van der Waals surface area (Å²) < 4.78 is 0. The Morgan fingerprint density at radius 2 is 1.88 bits per heavy atom. The molecule has 1 amide bonds. The lowest BCUT2D eigenvalue weighted by Crippen LogP contribution is -3.29. The third-order valence-corrected chi connectivity index (χ3v) is 5.80. The van der Waals surface area contributed by atoms with Gasteiger partial charge >= 0.3 is 0 Å². The molecule has 1 aliphatic heterocycles. The Bertz CT molecular complexity index is 621. The van der Waals surface area contributed by atoms with Crippen LogP contribution in [0, 0.1) is 0 Å². The van der Waals surface area contributed by atoms with Crippen LogP contribution in [0.2, 0.25) is 0 Å². The number of carbonyl (C=O) groups excluding carboxylic acids is 1. The second-order valence-corrected chi connectivity index (χ2v) is 7.62. The Labute approximate surface area is 148 Å². The molecule has 5 heteroatoms. The molecule has 4 nitrogen and oxygen atoms in total. The summed E-state index contributed by atoms with van der Waals surface area (Å²) in [6, 6.07) is 14.8. The molecule has 0 bridgehead atoms. The van der Waals surface area contributed by atoms with Gasteiger partial charge in [0.2, 0.25) is 0 Å². The lowest BCUT2D eigenvalue weighted by atomic mass is 10.1. The lowest BCUT2D eigenvalue weighted by molar-refractivity contribution is -1.02. The fourth-order valence-corrected chi connectivity index (χ4v) is 3.99. The van der Waals surface area contributed by atoms with E-state index in [9.17, 15) is 4.79 Å². The quantitative estimate of drug-likeness (QED) is 0.663. The van der Waals surface area contributed by atoms with Gasteiger partial charge < -0.3 is 15.1 Å². The number of benzene rings is 1. The van der Waals surface area contributed by atoms with Gasteiger partial charge in [-0.05, 0) is 18.4 Å². The predicted molar refractivity (Wildman–Crippen MR) is 97.2 cm³/mol. The number of hydrogen-bond donors (Lipinski definition) is 3. The molecule has 1 saturated heterocycles. The van der Waals surface area contributed by atoms with Crippen LogP contribution in [0.3, 0.4) is 0 Å². The summed E-state index contributed by atoms with van der Waals surface area (Å²) in [6.45, 7) is 8.19. The molecular weight excluding hydrogens is 318 g/mol. The Kier molecular flexibility index (Phi) is 6.01. The zero-order chi connectivity index (χ0) is 16.8. The second kappa shape index (κ2) is 8.42. The molecule has 0 saturated carbocycles. The van der Waals surface area contributed by atoms with E-state index >= 15 is 0 Å². The number of thiophene rings is 1. The fourth-order valence-electron chi connectivity index (χ4n) is 3.34. The maximum Gasteiger partial charge on any atom is 0.278 e. The number of carbonyl (C=O) groups is 1. The highest BCUT2D eigenvalue weighted by Gasteiger charge is 2.30. The molecule has 0 spiro atoms. The van der Waals surface area contributed by atoms with E-state index in [1.54, 1.807) is 16.2 Å². The minimum atomic E-state index is 0.0308. The summed E-state index contributed by atoms with van der Waals surface area (Å²) in [6.07, 6.45) is 0. The van der Waals surface area contributed by atoms with Gasteiger partial charge in [0.15, 0.2) is 6.04 Å². The highest BCUT2D eigenvalue weighted by Crippen LogP contribution is 2.07. The summed E-state index contributed by atoms with van der Waals surface area (Å²) in [4.78, 5) is 16.6. The van der Waals surface area contributed by atoms with Crippen LogP contribution in [0.4, 0.5) is 0 Å². The maximum absolute atomic E-state index is 12.4. The zero-order valence-corrected chi connectivity index (χ0v) is 15.1. The number of hydrogen-bond acceptors (Lipinski definition) is 2. The number of quaternary nitrogens is 2. The van der Waals surface area contributed by atoms with Crippen LogP contribution in [0.25, 0.3) is 0 Å². The van der Waals surface area contributed by atoms with Gasteiger partial charge in [-0.1, -0.05) is 36.4 Å². The van der Waals surface area contributed by atoms with Crippen LogP contribution in [0.1, 0.15) is 17.4 Å². The van der Waals surface area contributed by atoms with Gasteiger partial charge in [-0.2, -0.15) is 0 Å². The van der Waals surface area contributed by atoms with Crippen molar-refractivity contribution < 1.29 is 14.6 Å². The zero-order valence-electron chi connectivity index (χ0n) is 14.3. The molecule has 1 atom stereocenters. The number of rotatable bonds is 6. The number of amides is 1. The van der Waals surface area contributed by atoms with Crippen molar-refractivity contribution in [1.29, 1.82) is 0 Å². The van der Waals surface area contributed by atoms with Crippen LogP contribution in [0.15, 0.2) is 47.8 Å². The molecule has 1 aromatic carbocycles. The molecule has 0 radical (unpaired) electrons. The molecule has 128 valence electrons. The summed E-state index contributed by atoms with van der Waals surface area (Å²) in [5, 5.41) is 5.12. The summed E-state index contributed by atoms with van der Waals surface area (Å²) >= 11 is 1.69. The van der Waals surface area contributed by atoms with Crippen LogP contribution in [-0.2, 0) is 17.9 Å². The van der Waals surface area contributed by atoms with Crippen molar-refractivity contribution in [1.82, 2.24) is 5.32 Å². The molecule has 24 heavy (non-hydrogen) atoms. The van der Waals surface area contributed by atoms with Crippen LogP contribution in [-0.4, -0.2) is 38.1 Å². The van der Waals surface area contributed by atoms with Gasteiger partial charge in [-0.15, -0.1) is 11.3 Å². The maximum atomic E-state index is 12.4. The summed E-state index contributed by atoms with van der Waals surface area (Å²) in [7, 11) is 0. The van der Waals surface area contributed by atoms with Crippen molar-refractivity contribution in [3.05, 3.63) is 58.3 Å². The standard InChI is InChI=1S/C19H25N3OS/c1-16(19(23)20-14-18-8-5-13-24-18)22-11-9-21(10-12-22)15-17-6-3-2-4-7-17/h2-8,13,16H,9-12,14-15H2,1H3,(H,20,23)/p+2/t16-/m1/s1. The van der Waals surface area contributed by atoms with Crippen molar-refractivity contribution >= 4 is 17.2 Å². The normalized spacial score (nSPS) is 22.0. The van der Waals surface area contributed by atoms with Gasteiger partial charge in [0, 0.05) is 10.4 Å². The average Bonchev–Trinajstić information content (AvgIpc) is 3.14. The molecule has 2 aromatic rings. The van der Waals surface area contributed by atoms with E-state index in [-0.39, 0.29) is 11.9 Å². The Morgan fingerprint density at radius 1 is 1.12 bits per heavy atom.